The number of piperidine rings is 1. The highest BCUT2D eigenvalue weighted by Gasteiger charge is 2.43. The summed E-state index contributed by atoms with van der Waals surface area (Å²) in [5.74, 6) is -0.958. The van der Waals surface area contributed by atoms with E-state index in [-0.39, 0.29) is 24.1 Å². The second-order valence-corrected chi connectivity index (χ2v) is 11.3. The largest absolute Gasteiger partial charge is 0.385 e. The fraction of sp³-hybridized carbons (Fsp3) is 0.759. The summed E-state index contributed by atoms with van der Waals surface area (Å²) < 4.78 is 34.2. The summed E-state index contributed by atoms with van der Waals surface area (Å²) in [6.07, 6.45) is 8.79. The second-order valence-electron chi connectivity index (χ2n) is 11.3. The minimum Gasteiger partial charge on any atom is -0.385 e. The molecule has 8 heteroatoms. The molecule has 1 saturated heterocycles. The molecule has 6 nitrogen and oxygen atoms in total. The molecule has 0 aromatic heterocycles. The molecule has 1 aromatic carbocycles. The number of aliphatic hydroxyl groups is 1. The average Bonchev–Trinajstić information content (AvgIpc) is 2.89. The lowest BCUT2D eigenvalue weighted by Crippen LogP contribution is -2.54. The number of likely N-dealkylation sites (tertiary alicyclic amines) is 1. The van der Waals surface area contributed by atoms with E-state index < -0.39 is 23.2 Å². The Kier molecular flexibility index (Phi) is 11.6. The van der Waals surface area contributed by atoms with Crippen molar-refractivity contribution in [2.45, 2.75) is 82.8 Å². The molecular formula is C29H47F2N3O3. The van der Waals surface area contributed by atoms with E-state index in [4.69, 9.17) is 4.74 Å². The second kappa shape index (κ2) is 14.4. The maximum absolute atomic E-state index is 14.9. The summed E-state index contributed by atoms with van der Waals surface area (Å²) in [7, 11) is 3.52. The molecule has 1 aromatic rings. The van der Waals surface area contributed by atoms with Crippen LogP contribution in [0.1, 0.15) is 76.7 Å². The number of carbonyl (C=O) groups is 1. The summed E-state index contributed by atoms with van der Waals surface area (Å²) in [4.78, 5) is 15.1. The maximum atomic E-state index is 14.9. The first-order chi connectivity index (χ1) is 17.8. The number of halogens is 2. The van der Waals surface area contributed by atoms with E-state index in [0.29, 0.717) is 57.8 Å². The number of carbonyl (C=O) groups excluding carboxylic acids is 1. The maximum Gasteiger partial charge on any atom is 0.317 e. The number of methoxy groups -OCH3 is 1. The zero-order chi connectivity index (χ0) is 26.8. The number of amides is 2. The smallest absolute Gasteiger partial charge is 0.317 e. The molecule has 0 radical (unpaired) electrons. The molecule has 2 aliphatic rings. The van der Waals surface area contributed by atoms with E-state index in [2.05, 4.69) is 17.6 Å². The molecule has 2 unspecified atom stereocenters. The Morgan fingerprint density at radius 2 is 1.97 bits per heavy atom. The van der Waals surface area contributed by atoms with E-state index in [1.807, 2.05) is 7.05 Å². The van der Waals surface area contributed by atoms with Gasteiger partial charge >= 0.3 is 6.03 Å². The predicted octanol–water partition coefficient (Wildman–Crippen LogP) is 5.20. The Morgan fingerprint density at radius 3 is 2.68 bits per heavy atom. The van der Waals surface area contributed by atoms with Gasteiger partial charge in [-0.1, -0.05) is 44.7 Å². The SMILES string of the molecule is CNCC(CC1CCC(C)CC1)NC(=O)N1CCCC([C@@](O)(CCCCOC)c2cccc(F)c2F)C1. The van der Waals surface area contributed by atoms with Crippen LogP contribution in [0.2, 0.25) is 0 Å². The van der Waals surface area contributed by atoms with Gasteiger partial charge in [0.25, 0.3) is 0 Å². The highest BCUT2D eigenvalue weighted by atomic mass is 19.2. The van der Waals surface area contributed by atoms with Crippen molar-refractivity contribution in [3.63, 3.8) is 0 Å². The molecule has 3 atom stereocenters. The van der Waals surface area contributed by atoms with Crippen LogP contribution in [0, 0.1) is 29.4 Å². The Morgan fingerprint density at radius 1 is 1.22 bits per heavy atom. The number of nitrogens with zero attached hydrogens (tertiary/aromatic N) is 1. The van der Waals surface area contributed by atoms with E-state index in [1.54, 1.807) is 12.0 Å². The first kappa shape index (κ1) is 29.8. The number of hydrogen-bond acceptors (Lipinski definition) is 4. The van der Waals surface area contributed by atoms with Gasteiger partial charge in [0.05, 0.1) is 5.60 Å². The Balaban J connectivity index is 1.70. The molecule has 1 heterocycles. The number of rotatable bonds is 12. The molecule has 2 fully saturated rings. The minimum atomic E-state index is -1.57. The van der Waals surface area contributed by atoms with Crippen LogP contribution in [0.25, 0.3) is 0 Å². The van der Waals surface area contributed by atoms with Crippen LogP contribution in [0.15, 0.2) is 18.2 Å². The van der Waals surface area contributed by atoms with Gasteiger partial charge in [0.1, 0.15) is 0 Å². The number of benzene rings is 1. The van der Waals surface area contributed by atoms with Gasteiger partial charge in [-0.3, -0.25) is 0 Å². The number of nitrogens with one attached hydrogen (secondary N) is 2. The Hall–Kier alpha value is -1.77. The lowest BCUT2D eigenvalue weighted by Gasteiger charge is -2.43. The van der Waals surface area contributed by atoms with E-state index >= 15 is 0 Å². The van der Waals surface area contributed by atoms with Crippen molar-refractivity contribution in [2.24, 2.45) is 17.8 Å². The molecule has 3 N–H and O–H groups in total. The molecule has 2 amide bonds. The normalized spacial score (nSPS) is 24.9. The molecule has 210 valence electrons. The number of urea groups is 1. The van der Waals surface area contributed by atoms with E-state index in [9.17, 15) is 18.7 Å². The van der Waals surface area contributed by atoms with Crippen molar-refractivity contribution in [1.82, 2.24) is 15.5 Å². The van der Waals surface area contributed by atoms with Crippen molar-refractivity contribution in [1.29, 1.82) is 0 Å². The number of likely N-dealkylation sites (N-methyl/N-ethyl adjacent to an activating group) is 1. The average molecular weight is 524 g/mol. The van der Waals surface area contributed by atoms with Gasteiger partial charge < -0.3 is 25.4 Å². The summed E-state index contributed by atoms with van der Waals surface area (Å²) in [5.41, 5.74) is -1.58. The quantitative estimate of drug-likeness (QED) is 0.330. The number of hydrogen-bond donors (Lipinski definition) is 3. The van der Waals surface area contributed by atoms with Crippen LogP contribution in [-0.2, 0) is 10.3 Å². The van der Waals surface area contributed by atoms with Crippen molar-refractivity contribution >= 4 is 6.03 Å². The first-order valence-electron chi connectivity index (χ1n) is 14.1. The van der Waals surface area contributed by atoms with Gasteiger partial charge in [0.15, 0.2) is 11.6 Å². The monoisotopic (exact) mass is 523 g/mol. The van der Waals surface area contributed by atoms with Crippen LogP contribution in [-0.4, -0.2) is 62.5 Å². The number of unbranched alkanes of at least 4 members (excludes halogenated alkanes) is 1. The van der Waals surface area contributed by atoms with Gasteiger partial charge in [-0.2, -0.15) is 0 Å². The lowest BCUT2D eigenvalue weighted by molar-refractivity contribution is -0.0591. The topological polar surface area (TPSA) is 73.8 Å². The highest BCUT2D eigenvalue weighted by molar-refractivity contribution is 5.74. The fourth-order valence-corrected chi connectivity index (χ4v) is 6.26. The molecule has 3 rings (SSSR count). The van der Waals surface area contributed by atoms with Crippen molar-refractivity contribution in [3.05, 3.63) is 35.4 Å². The van der Waals surface area contributed by atoms with Crippen LogP contribution >= 0.6 is 0 Å². The van der Waals surface area contributed by atoms with Gasteiger partial charge in [-0.15, -0.1) is 0 Å². The molecule has 1 saturated carbocycles. The Bertz CT molecular complexity index is 850. The fourth-order valence-electron chi connectivity index (χ4n) is 6.26. The third kappa shape index (κ3) is 8.11. The van der Waals surface area contributed by atoms with E-state index in [0.717, 1.165) is 18.4 Å². The van der Waals surface area contributed by atoms with Gasteiger partial charge in [0, 0.05) is 50.9 Å². The third-order valence-electron chi connectivity index (χ3n) is 8.49. The third-order valence-corrected chi connectivity index (χ3v) is 8.49. The van der Waals surface area contributed by atoms with Gasteiger partial charge in [-0.25, -0.2) is 13.6 Å². The summed E-state index contributed by atoms with van der Waals surface area (Å²) in [6.45, 7) is 4.43. The van der Waals surface area contributed by atoms with Crippen molar-refractivity contribution in [2.75, 3.05) is 40.4 Å². The minimum absolute atomic E-state index is 0.0169. The van der Waals surface area contributed by atoms with Gasteiger partial charge in [-0.05, 0) is 63.5 Å². The van der Waals surface area contributed by atoms with E-state index in [1.165, 1.54) is 37.8 Å². The lowest BCUT2D eigenvalue weighted by atomic mass is 9.74. The summed E-state index contributed by atoms with van der Waals surface area (Å²) in [6, 6.07) is 3.87. The number of ether oxygens (including phenoxy) is 1. The molecule has 0 spiro atoms. The van der Waals surface area contributed by atoms with Crippen LogP contribution < -0.4 is 10.6 Å². The summed E-state index contributed by atoms with van der Waals surface area (Å²) in [5, 5.41) is 18.3. The zero-order valence-electron chi connectivity index (χ0n) is 22.9. The molecular weight excluding hydrogens is 476 g/mol. The molecule has 1 aliphatic carbocycles. The van der Waals surface area contributed by atoms with Crippen molar-refractivity contribution in [3.8, 4) is 0 Å². The van der Waals surface area contributed by atoms with Crippen molar-refractivity contribution < 1.29 is 23.4 Å². The first-order valence-corrected chi connectivity index (χ1v) is 14.1. The van der Waals surface area contributed by atoms with Crippen LogP contribution in [0.5, 0.6) is 0 Å². The molecule has 1 aliphatic heterocycles. The standard InChI is InChI=1S/C29H47F2N3O3/c1-21-11-13-22(14-12-21)18-24(19-32-2)33-28(35)34-16-7-8-23(20-34)29(36,15-4-5-17-37-3)25-9-6-10-26(30)27(25)31/h6,9-10,21-24,32,36H,4-5,7-8,11-20H2,1-3H3,(H,33,35)/t21?,22?,23?,24?,29-/m0/s1. The van der Waals surface area contributed by atoms with Crippen LogP contribution in [0.4, 0.5) is 13.6 Å². The predicted molar refractivity (Wildman–Crippen MR) is 142 cm³/mol. The van der Waals surface area contributed by atoms with Crippen LogP contribution in [0.3, 0.4) is 0 Å². The highest BCUT2D eigenvalue weighted by Crippen LogP contribution is 2.41. The Labute approximate surface area is 221 Å². The zero-order valence-corrected chi connectivity index (χ0v) is 22.9. The molecule has 37 heavy (non-hydrogen) atoms. The summed E-state index contributed by atoms with van der Waals surface area (Å²) >= 11 is 0. The van der Waals surface area contributed by atoms with Gasteiger partial charge in [0.2, 0.25) is 0 Å². The molecule has 0 bridgehead atoms.